The average Bonchev–Trinajstić information content (AvgIpc) is 2.37. The van der Waals surface area contributed by atoms with E-state index < -0.39 is 5.97 Å². The van der Waals surface area contributed by atoms with Crippen molar-refractivity contribution in [3.05, 3.63) is 39.4 Å². The molecule has 0 aliphatic heterocycles. The molecule has 0 atom stereocenters. The predicted octanol–water partition coefficient (Wildman–Crippen LogP) is 3.64. The third-order valence-electron chi connectivity index (χ3n) is 2.18. The predicted molar refractivity (Wildman–Crippen MR) is 71.7 cm³/mol. The summed E-state index contributed by atoms with van der Waals surface area (Å²) in [6.45, 7) is 1.60. The fraction of sp³-hybridized carbons (Fsp3) is 0.167. The smallest absolute Gasteiger partial charge is 0.339 e. The maximum absolute atomic E-state index is 11.5. The number of nitrogens with zero attached hydrogens (tertiary/aromatic N) is 1. The molecule has 0 aromatic heterocycles. The molecule has 0 radical (unpaired) electrons. The van der Waals surface area contributed by atoms with Crippen molar-refractivity contribution in [1.82, 2.24) is 0 Å². The first-order chi connectivity index (χ1) is 8.51. The summed E-state index contributed by atoms with van der Waals surface area (Å²) >= 11 is 12.1. The third-order valence-corrected chi connectivity index (χ3v) is 2.92. The first-order valence-corrected chi connectivity index (χ1v) is 5.70. The van der Waals surface area contributed by atoms with Gasteiger partial charge in [0, 0.05) is 10.6 Å². The molecular formula is C12H11Cl2NO3. The van der Waals surface area contributed by atoms with Crippen LogP contribution < -0.4 is 0 Å². The van der Waals surface area contributed by atoms with Crippen LogP contribution in [-0.2, 0) is 4.74 Å². The van der Waals surface area contributed by atoms with Gasteiger partial charge in [-0.25, -0.2) is 4.79 Å². The first kappa shape index (κ1) is 14.5. The number of rotatable bonds is 3. The van der Waals surface area contributed by atoms with Crippen LogP contribution in [0.2, 0.25) is 10.0 Å². The van der Waals surface area contributed by atoms with Gasteiger partial charge in [-0.3, -0.25) is 0 Å². The largest absolute Gasteiger partial charge is 0.465 e. The molecule has 0 aliphatic carbocycles. The van der Waals surface area contributed by atoms with Crippen LogP contribution in [0.5, 0.6) is 0 Å². The van der Waals surface area contributed by atoms with Gasteiger partial charge in [-0.05, 0) is 25.1 Å². The maximum Gasteiger partial charge on any atom is 0.339 e. The molecule has 0 aliphatic rings. The van der Waals surface area contributed by atoms with Crippen molar-refractivity contribution in [1.29, 1.82) is 0 Å². The minimum absolute atomic E-state index is 0.191. The number of carbonyl (C=O) groups excluding carboxylic acids is 1. The maximum atomic E-state index is 11.5. The van der Waals surface area contributed by atoms with Crippen LogP contribution in [-0.4, -0.2) is 24.0 Å². The van der Waals surface area contributed by atoms with Crippen molar-refractivity contribution < 1.29 is 14.7 Å². The quantitative estimate of drug-likeness (QED) is 0.400. The van der Waals surface area contributed by atoms with Gasteiger partial charge in [0.25, 0.3) is 0 Å². The minimum atomic E-state index is -0.543. The van der Waals surface area contributed by atoms with Crippen LogP contribution in [0.1, 0.15) is 22.8 Å². The lowest BCUT2D eigenvalue weighted by Gasteiger charge is -2.07. The Kier molecular flexibility index (Phi) is 5.19. The van der Waals surface area contributed by atoms with E-state index in [-0.39, 0.29) is 10.6 Å². The molecule has 0 spiro atoms. The summed E-state index contributed by atoms with van der Waals surface area (Å²) in [6.07, 6.45) is 3.08. The zero-order valence-electron chi connectivity index (χ0n) is 9.78. The zero-order valence-corrected chi connectivity index (χ0v) is 11.3. The Morgan fingerprint density at radius 1 is 1.44 bits per heavy atom. The number of ether oxygens (including phenoxy) is 1. The van der Waals surface area contributed by atoms with Crippen molar-refractivity contribution in [3.8, 4) is 0 Å². The summed E-state index contributed by atoms with van der Waals surface area (Å²) < 4.78 is 4.60. The summed E-state index contributed by atoms with van der Waals surface area (Å²) in [5.41, 5.74) is 1.07. The van der Waals surface area contributed by atoms with Gasteiger partial charge in [0.05, 0.1) is 23.4 Å². The molecule has 1 rings (SSSR count). The molecule has 0 heterocycles. The van der Waals surface area contributed by atoms with Crippen molar-refractivity contribution >= 4 is 41.0 Å². The van der Waals surface area contributed by atoms with Gasteiger partial charge < -0.3 is 9.94 Å². The summed E-state index contributed by atoms with van der Waals surface area (Å²) in [5.74, 6) is -0.543. The number of hydrogen-bond acceptors (Lipinski definition) is 4. The highest BCUT2D eigenvalue weighted by Gasteiger charge is 2.15. The molecule has 18 heavy (non-hydrogen) atoms. The molecule has 6 heteroatoms. The molecule has 96 valence electrons. The molecule has 1 aromatic carbocycles. The van der Waals surface area contributed by atoms with Crippen LogP contribution in [0.25, 0.3) is 6.08 Å². The van der Waals surface area contributed by atoms with Gasteiger partial charge in [-0.15, -0.1) is 0 Å². The summed E-state index contributed by atoms with van der Waals surface area (Å²) in [4.78, 5) is 11.5. The van der Waals surface area contributed by atoms with Crippen LogP contribution in [0.15, 0.2) is 23.4 Å². The fourth-order valence-corrected chi connectivity index (χ4v) is 1.80. The number of halogens is 2. The molecule has 0 saturated carbocycles. The molecule has 4 nitrogen and oxygen atoms in total. The summed E-state index contributed by atoms with van der Waals surface area (Å²) in [5, 5.41) is 12.1. The van der Waals surface area contributed by atoms with E-state index in [9.17, 15) is 4.79 Å². The number of benzene rings is 1. The molecule has 1 aromatic rings. The molecule has 0 bridgehead atoms. The van der Waals surface area contributed by atoms with Crippen molar-refractivity contribution in [2.75, 3.05) is 7.11 Å². The van der Waals surface area contributed by atoms with E-state index in [0.717, 1.165) is 0 Å². The van der Waals surface area contributed by atoms with E-state index in [0.29, 0.717) is 16.3 Å². The Morgan fingerprint density at radius 2 is 2.11 bits per heavy atom. The van der Waals surface area contributed by atoms with Gasteiger partial charge in [-0.1, -0.05) is 34.4 Å². The van der Waals surface area contributed by atoms with Crippen molar-refractivity contribution in [2.45, 2.75) is 6.92 Å². The highest BCUT2D eigenvalue weighted by molar-refractivity contribution is 6.39. The fourth-order valence-electron chi connectivity index (χ4n) is 1.23. The number of oxime groups is 1. The average molecular weight is 288 g/mol. The van der Waals surface area contributed by atoms with Gasteiger partial charge >= 0.3 is 5.97 Å². The number of allylic oxidation sites excluding steroid dienone is 1. The zero-order chi connectivity index (χ0) is 13.7. The molecule has 0 fully saturated rings. The highest BCUT2D eigenvalue weighted by atomic mass is 35.5. The molecule has 0 amide bonds. The van der Waals surface area contributed by atoms with Crippen LogP contribution in [0.4, 0.5) is 0 Å². The van der Waals surface area contributed by atoms with Gasteiger partial charge in [0.2, 0.25) is 0 Å². The molecule has 1 N–H and O–H groups in total. The minimum Gasteiger partial charge on any atom is -0.465 e. The molecule has 0 unspecified atom stereocenters. The second-order valence-electron chi connectivity index (χ2n) is 3.39. The van der Waals surface area contributed by atoms with E-state index in [1.807, 2.05) is 0 Å². The monoisotopic (exact) mass is 287 g/mol. The molecular weight excluding hydrogens is 277 g/mol. The van der Waals surface area contributed by atoms with Gasteiger partial charge in [-0.2, -0.15) is 0 Å². The third kappa shape index (κ3) is 3.24. The Hall–Kier alpha value is -1.52. The lowest BCUT2D eigenvalue weighted by Crippen LogP contribution is -2.03. The van der Waals surface area contributed by atoms with E-state index >= 15 is 0 Å². The van der Waals surface area contributed by atoms with Crippen LogP contribution >= 0.6 is 23.2 Å². The second-order valence-corrected chi connectivity index (χ2v) is 4.17. The van der Waals surface area contributed by atoms with E-state index in [1.54, 1.807) is 19.1 Å². The Morgan fingerprint density at radius 3 is 2.67 bits per heavy atom. The number of hydrogen-bond donors (Lipinski definition) is 1. The Labute approximate surface area is 114 Å². The van der Waals surface area contributed by atoms with Crippen LogP contribution in [0.3, 0.4) is 0 Å². The topological polar surface area (TPSA) is 58.9 Å². The highest BCUT2D eigenvalue weighted by Crippen LogP contribution is 2.29. The van der Waals surface area contributed by atoms with E-state index in [4.69, 9.17) is 28.4 Å². The van der Waals surface area contributed by atoms with Gasteiger partial charge in [0.1, 0.15) is 0 Å². The number of carbonyl (C=O) groups is 1. The lowest BCUT2D eigenvalue weighted by atomic mass is 10.1. The van der Waals surface area contributed by atoms with E-state index in [2.05, 4.69) is 9.89 Å². The van der Waals surface area contributed by atoms with Crippen LogP contribution in [0, 0.1) is 0 Å². The summed E-state index contributed by atoms with van der Waals surface area (Å²) in [6, 6.07) is 3.03. The SMILES string of the molecule is COC(=O)c1ccc(Cl)c(C=CC(C)=NO)c1Cl. The van der Waals surface area contributed by atoms with E-state index in [1.165, 1.54) is 19.3 Å². The second kappa shape index (κ2) is 6.42. The lowest BCUT2D eigenvalue weighted by molar-refractivity contribution is 0.0601. The van der Waals surface area contributed by atoms with Gasteiger partial charge in [0.15, 0.2) is 0 Å². The van der Waals surface area contributed by atoms with Crippen molar-refractivity contribution in [2.24, 2.45) is 5.16 Å². The standard InChI is InChI=1S/C12H11Cl2NO3/c1-7(15-17)3-4-8-10(13)6-5-9(11(8)14)12(16)18-2/h3-6,17H,1-2H3. The number of esters is 1. The first-order valence-electron chi connectivity index (χ1n) is 4.94. The number of methoxy groups -OCH3 is 1. The van der Waals surface area contributed by atoms with Crippen molar-refractivity contribution in [3.63, 3.8) is 0 Å². The normalized spacial score (nSPS) is 11.9. The summed E-state index contributed by atoms with van der Waals surface area (Å²) in [7, 11) is 1.27. The Bertz CT molecular complexity index is 524. The Balaban J connectivity index is 3.27. The molecule has 0 saturated heterocycles.